The number of carboxylic acids is 2. The third kappa shape index (κ3) is 42.8. The first kappa shape index (κ1) is 103. The maximum absolute atomic E-state index is 14.6. The Labute approximate surface area is 663 Å². The number of carboxylic acid groups (broad SMARTS) is 2. The third-order valence-electron chi connectivity index (χ3n) is 17.2. The van der Waals surface area contributed by atoms with Gasteiger partial charge in [0.2, 0.25) is 82.7 Å². The van der Waals surface area contributed by atoms with E-state index in [1.807, 2.05) is 5.32 Å². The lowest BCUT2D eigenvalue weighted by Crippen LogP contribution is -2.61. The molecule has 0 spiro atoms. The molecular formula is C69H127N21O20S2. The number of carbonyl (C=O) groups is 16. The van der Waals surface area contributed by atoms with Crippen molar-refractivity contribution in [3.8, 4) is 0 Å². The SMILES string of the molecule is CSCC[C@H](NC(=O)[C@H](CCCCN)NC(=O)[C@@H](NC(=O)[C@H](CCCN=C(N)N)NC(=O)[C@@H](N)CS)C(C)C)C(=O)N[C@@H](CCC(=O)O)C(=O)N[C@@H](CCCCN)C(=O)N[C@@H](CC(C)C)C(=O)N[C@@H](CCC(N)=O)C(=O)N[C@@H](CC(C)C)C(=O)N[C@@H](CCCCN)C(=O)NCC(=O)N[C@H](C(=O)N[C@H](C(=O)O)[C@@H](C)O)[C@@H](C)O. The first-order valence-corrected chi connectivity index (χ1v) is 39.6. The molecule has 640 valence electrons. The van der Waals surface area contributed by atoms with E-state index in [1.165, 1.54) is 11.8 Å². The van der Waals surface area contributed by atoms with E-state index in [0.717, 1.165) is 13.8 Å². The van der Waals surface area contributed by atoms with Gasteiger partial charge < -0.3 is 130 Å². The van der Waals surface area contributed by atoms with Gasteiger partial charge in [-0.25, -0.2) is 4.79 Å². The quantitative estimate of drug-likeness (QED) is 0.0116. The molecule has 0 aromatic rings. The minimum absolute atomic E-state index is 0.0125. The van der Waals surface area contributed by atoms with Gasteiger partial charge in [0.05, 0.1) is 24.8 Å². The van der Waals surface area contributed by atoms with Gasteiger partial charge in [-0.2, -0.15) is 24.4 Å². The van der Waals surface area contributed by atoms with Crippen LogP contribution in [0.15, 0.2) is 4.99 Å². The van der Waals surface area contributed by atoms with Crippen LogP contribution in [0, 0.1) is 17.8 Å². The second kappa shape index (κ2) is 56.5. The van der Waals surface area contributed by atoms with Crippen LogP contribution in [0.5, 0.6) is 0 Å². The second-order valence-corrected chi connectivity index (χ2v) is 29.8. The minimum atomic E-state index is -1.81. The molecule has 0 aromatic carbocycles. The highest BCUT2D eigenvalue weighted by Crippen LogP contribution is 2.16. The number of aliphatic hydroxyl groups is 2. The molecule has 0 unspecified atom stereocenters. The number of nitrogens with one attached hydrogen (secondary N) is 13. The molecule has 0 heterocycles. The summed E-state index contributed by atoms with van der Waals surface area (Å²) in [6.45, 7) is 12.0. The van der Waals surface area contributed by atoms with Gasteiger partial charge in [0, 0.05) is 25.1 Å². The molecule has 112 heavy (non-hydrogen) atoms. The van der Waals surface area contributed by atoms with Gasteiger partial charge in [-0.3, -0.25) is 76.9 Å². The molecule has 0 saturated carbocycles. The Morgan fingerprint density at radius 3 is 1.10 bits per heavy atom. The summed E-state index contributed by atoms with van der Waals surface area (Å²) in [6, 6.07) is -19.2. The first-order chi connectivity index (χ1) is 52.6. The number of unbranched alkanes of at least 4 members (excludes halogenated alkanes) is 3. The Bertz CT molecular complexity index is 3080. The number of carbonyl (C=O) groups excluding carboxylic acids is 14. The van der Waals surface area contributed by atoms with E-state index < -0.39 is 224 Å². The van der Waals surface area contributed by atoms with Gasteiger partial charge in [-0.15, -0.1) is 0 Å². The predicted molar refractivity (Wildman–Crippen MR) is 420 cm³/mol. The van der Waals surface area contributed by atoms with Crippen LogP contribution in [0.2, 0.25) is 0 Å². The lowest BCUT2D eigenvalue weighted by atomic mass is 9.99. The first-order valence-electron chi connectivity index (χ1n) is 37.6. The summed E-state index contributed by atoms with van der Waals surface area (Å²) in [5.74, 6) is -17.5. The van der Waals surface area contributed by atoms with E-state index in [1.54, 1.807) is 47.8 Å². The fourth-order valence-corrected chi connectivity index (χ4v) is 11.6. The molecule has 0 bridgehead atoms. The number of nitrogens with two attached hydrogens (primary N) is 7. The summed E-state index contributed by atoms with van der Waals surface area (Å²) in [6.07, 6.45) is -2.10. The van der Waals surface area contributed by atoms with Crippen LogP contribution < -0.4 is 109 Å². The van der Waals surface area contributed by atoms with Crippen molar-refractivity contribution in [1.29, 1.82) is 0 Å². The number of aliphatic carboxylic acids is 2. The molecule has 43 heteroatoms. The zero-order valence-electron chi connectivity index (χ0n) is 65.7. The van der Waals surface area contributed by atoms with Crippen molar-refractivity contribution in [2.45, 2.75) is 262 Å². The monoisotopic (exact) mass is 1630 g/mol. The summed E-state index contributed by atoms with van der Waals surface area (Å²) < 4.78 is 0. The van der Waals surface area contributed by atoms with Crippen molar-refractivity contribution in [2.24, 2.45) is 62.9 Å². The number of primary amides is 1. The zero-order valence-corrected chi connectivity index (χ0v) is 67.4. The predicted octanol–water partition coefficient (Wildman–Crippen LogP) is -6.90. The smallest absolute Gasteiger partial charge is 0.328 e. The van der Waals surface area contributed by atoms with Crippen LogP contribution in [-0.4, -0.2) is 262 Å². The highest BCUT2D eigenvalue weighted by Gasteiger charge is 2.39. The molecule has 0 rings (SSSR count). The minimum Gasteiger partial charge on any atom is -0.481 e. The normalized spacial score (nSPS) is 15.3. The van der Waals surface area contributed by atoms with E-state index in [-0.39, 0.29) is 126 Å². The maximum atomic E-state index is 14.6. The number of hydrogen-bond donors (Lipinski definition) is 25. The van der Waals surface area contributed by atoms with Crippen LogP contribution in [-0.2, 0) is 76.7 Å². The largest absolute Gasteiger partial charge is 0.481 e. The average Bonchev–Trinajstić information content (AvgIpc) is 0.868. The van der Waals surface area contributed by atoms with Crippen molar-refractivity contribution in [1.82, 2.24) is 69.1 Å². The Morgan fingerprint density at radius 1 is 0.402 bits per heavy atom. The molecule has 41 nitrogen and oxygen atoms in total. The molecule has 0 aromatic heterocycles. The van der Waals surface area contributed by atoms with Crippen LogP contribution in [0.25, 0.3) is 0 Å². The van der Waals surface area contributed by atoms with Crippen LogP contribution in [0.3, 0.4) is 0 Å². The Hall–Kier alpha value is -8.75. The van der Waals surface area contributed by atoms with Crippen molar-refractivity contribution in [3.05, 3.63) is 0 Å². The number of rotatable bonds is 60. The molecule has 31 N–H and O–H groups in total. The van der Waals surface area contributed by atoms with E-state index in [4.69, 9.17) is 40.1 Å². The molecule has 15 atom stereocenters. The van der Waals surface area contributed by atoms with E-state index >= 15 is 0 Å². The van der Waals surface area contributed by atoms with Gasteiger partial charge in [-0.05, 0) is 166 Å². The fraction of sp³-hybridized carbons (Fsp3) is 0.754. The number of nitrogens with zero attached hydrogens (tertiary/aromatic N) is 1. The van der Waals surface area contributed by atoms with Crippen molar-refractivity contribution >= 4 is 125 Å². The highest BCUT2D eigenvalue weighted by atomic mass is 32.2. The van der Waals surface area contributed by atoms with Gasteiger partial charge in [-0.1, -0.05) is 41.5 Å². The number of aliphatic hydroxyl groups excluding tert-OH is 2. The Balaban J connectivity index is 7.21. The van der Waals surface area contributed by atoms with E-state index in [2.05, 4.69) is 81.4 Å². The zero-order chi connectivity index (χ0) is 85.5. The topological polar surface area (TPSA) is 705 Å². The fourth-order valence-electron chi connectivity index (χ4n) is 10.9. The molecular weight excluding hydrogens is 1510 g/mol. The molecule has 14 amide bonds. The van der Waals surface area contributed by atoms with E-state index in [0.29, 0.717) is 19.3 Å². The lowest BCUT2D eigenvalue weighted by molar-refractivity contribution is -0.146. The van der Waals surface area contributed by atoms with Crippen LogP contribution in [0.1, 0.15) is 171 Å². The number of thioether (sulfide) groups is 1. The summed E-state index contributed by atoms with van der Waals surface area (Å²) in [5.41, 5.74) is 39.7. The van der Waals surface area contributed by atoms with Crippen molar-refractivity contribution in [3.63, 3.8) is 0 Å². The van der Waals surface area contributed by atoms with Crippen molar-refractivity contribution in [2.75, 3.05) is 50.5 Å². The summed E-state index contributed by atoms with van der Waals surface area (Å²) >= 11 is 5.35. The standard InChI is InChI=1S/C69H127N21O20S2/c1-35(2)31-48(64(105)80-41(17-10-13-26-70)57(98)78-33-51(94)88-54(38(7)91)67(108)90-55(39(8)92)68(109)110)87-61(102)45(21-23-50(74)93)83-65(106)49(32-36(3)4)86-59(100)42(18-11-14-27-71)81-60(101)46(22-24-52(95)96)82-62(103)47(25-30-112-9)84-58(99)43(19-12-15-28-72)85-66(107)53(37(5)6)89-63(104)44(20-16-29-77-69(75)76)79-56(97)40(73)34-111/h35-49,53-55,91-92,111H,10-34,70-73H2,1-9H3,(H2,74,93)(H,78,98)(H,79,97)(H,80,105)(H,81,101)(H,82,103)(H,83,106)(H,84,99)(H,85,107)(H,86,100)(H,87,102)(H,88,94)(H,89,104)(H,90,108)(H,95,96)(H,109,110)(H4,75,76,77)/t38-,39-,40+,41+,42+,43+,44+,45+,46+,47+,48+,49+,53+,54+,55+/m1/s1. The van der Waals surface area contributed by atoms with E-state index in [9.17, 15) is 97.1 Å². The molecule has 0 fully saturated rings. The Morgan fingerprint density at radius 2 is 0.741 bits per heavy atom. The molecule has 0 saturated heterocycles. The van der Waals surface area contributed by atoms with Crippen LogP contribution >= 0.6 is 24.4 Å². The van der Waals surface area contributed by atoms with Gasteiger partial charge in [0.25, 0.3) is 0 Å². The molecule has 0 aliphatic carbocycles. The summed E-state index contributed by atoms with van der Waals surface area (Å²) in [5, 5.41) is 72.0. The second-order valence-electron chi connectivity index (χ2n) is 28.4. The summed E-state index contributed by atoms with van der Waals surface area (Å²) in [4.78, 5) is 222. The number of hydrogen-bond acceptors (Lipinski definition) is 25. The van der Waals surface area contributed by atoms with Crippen LogP contribution in [0.4, 0.5) is 0 Å². The summed E-state index contributed by atoms with van der Waals surface area (Å²) in [7, 11) is 0. The van der Waals surface area contributed by atoms with Gasteiger partial charge >= 0.3 is 11.9 Å². The third-order valence-corrected chi connectivity index (χ3v) is 18.2. The molecule has 0 aliphatic heterocycles. The van der Waals surface area contributed by atoms with Crippen molar-refractivity contribution < 1.29 is 97.1 Å². The highest BCUT2D eigenvalue weighted by molar-refractivity contribution is 7.98. The van der Waals surface area contributed by atoms with Gasteiger partial charge in [0.15, 0.2) is 12.0 Å². The number of amides is 14. The molecule has 0 aliphatic rings. The van der Waals surface area contributed by atoms with Gasteiger partial charge in [0.1, 0.15) is 66.5 Å². The Kier molecular flexibility index (Phi) is 52.1. The average molecular weight is 1640 g/mol. The molecule has 0 radical (unpaired) electrons. The lowest BCUT2D eigenvalue weighted by Gasteiger charge is -2.29. The number of thiol groups is 1. The maximum Gasteiger partial charge on any atom is 0.328 e. The number of guanidine groups is 1. The number of aliphatic imine (C=N–C) groups is 1.